The van der Waals surface area contributed by atoms with Crippen molar-refractivity contribution in [3.05, 3.63) is 52.7 Å². The van der Waals surface area contributed by atoms with Crippen LogP contribution in [0.1, 0.15) is 47.8 Å². The Morgan fingerprint density at radius 2 is 2.09 bits per heavy atom. The second-order valence-corrected chi connectivity index (χ2v) is 10.7. The molecule has 164 valence electrons. The number of phenols is 1. The Morgan fingerprint density at radius 1 is 1.22 bits per heavy atom. The van der Waals surface area contributed by atoms with Gasteiger partial charge in [0.05, 0.1) is 16.7 Å². The first-order valence-corrected chi connectivity index (χ1v) is 11.9. The van der Waals surface area contributed by atoms with Gasteiger partial charge < -0.3 is 25.7 Å². The number of benzene rings is 2. The molecule has 2 aromatic carbocycles. The van der Waals surface area contributed by atoms with E-state index in [2.05, 4.69) is 16.0 Å². The second-order valence-electron chi connectivity index (χ2n) is 10.7. The van der Waals surface area contributed by atoms with E-state index >= 15 is 0 Å². The van der Waals surface area contributed by atoms with Gasteiger partial charge in [0.15, 0.2) is 17.6 Å². The summed E-state index contributed by atoms with van der Waals surface area (Å²) >= 11 is 0. The molecule has 3 aromatic rings. The number of piperidine rings is 1. The monoisotopic (exact) mass is 429 g/mol. The molecule has 5 aliphatic rings. The Morgan fingerprint density at radius 3 is 2.94 bits per heavy atom. The molecule has 3 heterocycles. The summed E-state index contributed by atoms with van der Waals surface area (Å²) in [6, 6.07) is 9.80. The minimum atomic E-state index is -0.955. The Hall–Kier alpha value is -2.70. The number of rotatable bonds is 2. The summed E-state index contributed by atoms with van der Waals surface area (Å²) in [7, 11) is 0. The molecule has 32 heavy (non-hydrogen) atoms. The molecule has 2 fully saturated rings. The van der Waals surface area contributed by atoms with Crippen LogP contribution in [0.3, 0.4) is 0 Å². The van der Waals surface area contributed by atoms with Crippen molar-refractivity contribution in [3.63, 3.8) is 0 Å². The van der Waals surface area contributed by atoms with E-state index in [0.29, 0.717) is 12.2 Å². The fourth-order valence-electron chi connectivity index (χ4n) is 7.64. The average Bonchev–Trinajstić information content (AvgIpc) is 3.41. The number of nitrogen functional groups attached to an aromatic ring is 1. The lowest BCUT2D eigenvalue weighted by Gasteiger charge is -2.62. The number of aromatic amines is 1. The van der Waals surface area contributed by atoms with Gasteiger partial charge in [-0.05, 0) is 73.5 Å². The average molecular weight is 430 g/mol. The fraction of sp³-hybridized carbons (Fsp3) is 0.462. The molecule has 0 amide bonds. The van der Waals surface area contributed by atoms with Crippen molar-refractivity contribution in [2.24, 2.45) is 5.92 Å². The molecule has 1 spiro atoms. The predicted octanol–water partition coefficient (Wildman–Crippen LogP) is 3.15. The third kappa shape index (κ3) is 1.88. The zero-order valence-electron chi connectivity index (χ0n) is 17.9. The lowest BCUT2D eigenvalue weighted by molar-refractivity contribution is -0.173. The van der Waals surface area contributed by atoms with E-state index in [9.17, 15) is 10.2 Å². The molecule has 3 aliphatic carbocycles. The largest absolute Gasteiger partial charge is 0.504 e. The van der Waals surface area contributed by atoms with Gasteiger partial charge in [-0.1, -0.05) is 6.07 Å². The van der Waals surface area contributed by atoms with E-state index in [1.54, 1.807) is 6.07 Å². The number of aromatic hydroxyl groups is 1. The van der Waals surface area contributed by atoms with Crippen molar-refractivity contribution < 1.29 is 14.9 Å². The molecule has 0 unspecified atom stereocenters. The molecule has 5 N–H and O–H groups in total. The molecule has 0 radical (unpaired) electrons. The number of ether oxygens (including phenoxy) is 1. The van der Waals surface area contributed by atoms with Crippen molar-refractivity contribution in [2.45, 2.75) is 55.3 Å². The molecule has 4 atom stereocenters. The Bertz CT molecular complexity index is 1330. The number of hydrogen-bond donors (Lipinski definition) is 4. The summed E-state index contributed by atoms with van der Waals surface area (Å²) in [5.41, 5.74) is 10.8. The minimum absolute atomic E-state index is 0.0464. The third-order valence-electron chi connectivity index (χ3n) is 9.19. The number of nitrogens with zero attached hydrogens (tertiary/aromatic N) is 1. The van der Waals surface area contributed by atoms with Crippen LogP contribution in [0.5, 0.6) is 11.5 Å². The van der Waals surface area contributed by atoms with Gasteiger partial charge in [-0.3, -0.25) is 4.90 Å². The number of hydrogen-bond acceptors (Lipinski definition) is 5. The van der Waals surface area contributed by atoms with Crippen molar-refractivity contribution in [1.29, 1.82) is 0 Å². The van der Waals surface area contributed by atoms with Crippen LogP contribution in [0, 0.1) is 5.92 Å². The predicted molar refractivity (Wildman–Crippen MR) is 121 cm³/mol. The van der Waals surface area contributed by atoms with E-state index in [0.717, 1.165) is 65.3 Å². The first-order chi connectivity index (χ1) is 15.5. The minimum Gasteiger partial charge on any atom is -0.504 e. The fourth-order valence-corrected chi connectivity index (χ4v) is 7.64. The number of aliphatic hydroxyl groups is 1. The number of likely N-dealkylation sites (tertiary alicyclic amines) is 1. The maximum absolute atomic E-state index is 12.8. The Balaban J connectivity index is 1.42. The summed E-state index contributed by atoms with van der Waals surface area (Å²) in [6.45, 7) is 2.03. The summed E-state index contributed by atoms with van der Waals surface area (Å²) in [5.74, 6) is 1.52. The zero-order valence-corrected chi connectivity index (χ0v) is 17.9. The van der Waals surface area contributed by atoms with Gasteiger partial charge in [-0.2, -0.15) is 0 Å². The summed E-state index contributed by atoms with van der Waals surface area (Å²) in [5, 5.41) is 24.6. The molecule has 6 heteroatoms. The third-order valence-corrected chi connectivity index (χ3v) is 9.19. The van der Waals surface area contributed by atoms with E-state index in [1.807, 2.05) is 18.2 Å². The highest BCUT2D eigenvalue weighted by Crippen LogP contribution is 2.69. The number of anilines is 1. The van der Waals surface area contributed by atoms with Crippen LogP contribution in [-0.2, 0) is 18.3 Å². The Kier molecular flexibility index (Phi) is 3.02. The standard InChI is InChI=1S/C26H27N3O3/c27-15-4-5-18-16(10-15)17-11-26(31)20-9-14-3-6-19(30)23-21(14)25(26,24(32-23)22(17)28-18)7-8-29(20)12-13-1-2-13/h3-6,10,13,20,24,28,30-31H,1-2,7-9,11-12,27H2/t20-,24-,25-,26+/m0/s1. The molecule has 2 bridgehead atoms. The maximum Gasteiger partial charge on any atom is 0.166 e. The van der Waals surface area contributed by atoms with Crippen LogP contribution in [0.4, 0.5) is 5.69 Å². The van der Waals surface area contributed by atoms with E-state index in [1.165, 1.54) is 18.4 Å². The molecular weight excluding hydrogens is 402 g/mol. The van der Waals surface area contributed by atoms with Gasteiger partial charge in [0.2, 0.25) is 0 Å². The maximum atomic E-state index is 12.8. The number of aromatic nitrogens is 1. The van der Waals surface area contributed by atoms with Crippen LogP contribution >= 0.6 is 0 Å². The number of nitrogens with one attached hydrogen (secondary N) is 1. The van der Waals surface area contributed by atoms with Crippen molar-refractivity contribution >= 4 is 16.6 Å². The molecule has 1 aromatic heterocycles. The van der Waals surface area contributed by atoms with Gasteiger partial charge >= 0.3 is 0 Å². The topological polar surface area (TPSA) is 94.7 Å². The first kappa shape index (κ1) is 17.8. The normalized spacial score (nSPS) is 34.3. The number of phenolic OH excluding ortho intramolecular Hbond substituents is 1. The van der Waals surface area contributed by atoms with Crippen molar-refractivity contribution in [1.82, 2.24) is 9.88 Å². The van der Waals surface area contributed by atoms with Crippen LogP contribution in [0.25, 0.3) is 10.9 Å². The van der Waals surface area contributed by atoms with Gasteiger partial charge in [0, 0.05) is 41.2 Å². The van der Waals surface area contributed by atoms with Crippen LogP contribution in [0.15, 0.2) is 30.3 Å². The molecule has 2 aliphatic heterocycles. The molecule has 1 saturated carbocycles. The highest BCUT2D eigenvalue weighted by Gasteiger charge is 2.72. The molecule has 6 nitrogen and oxygen atoms in total. The SMILES string of the molecule is Nc1ccc2[nH]c3c(c2c1)C[C@@]1(O)[C@@H]2Cc4ccc(O)c5c4[C@@]1(CCN2CC1CC1)[C@H]3O5. The lowest BCUT2D eigenvalue weighted by Crippen LogP contribution is -2.74. The number of nitrogens with two attached hydrogens (primary N) is 1. The summed E-state index contributed by atoms with van der Waals surface area (Å²) < 4.78 is 6.60. The van der Waals surface area contributed by atoms with Crippen LogP contribution < -0.4 is 10.5 Å². The summed E-state index contributed by atoms with van der Waals surface area (Å²) in [6.07, 6.45) is 4.48. The summed E-state index contributed by atoms with van der Waals surface area (Å²) in [4.78, 5) is 6.17. The van der Waals surface area contributed by atoms with Gasteiger partial charge in [0.25, 0.3) is 0 Å². The van der Waals surface area contributed by atoms with Crippen LogP contribution in [0.2, 0.25) is 0 Å². The second kappa shape index (κ2) is 5.43. The van der Waals surface area contributed by atoms with Gasteiger partial charge in [-0.25, -0.2) is 0 Å². The van der Waals surface area contributed by atoms with Crippen molar-refractivity contribution in [3.8, 4) is 11.5 Å². The molecule has 1 saturated heterocycles. The highest BCUT2D eigenvalue weighted by molar-refractivity contribution is 5.88. The quantitative estimate of drug-likeness (QED) is 0.470. The molecular formula is C26H27N3O3. The van der Waals surface area contributed by atoms with E-state index < -0.39 is 11.0 Å². The number of H-pyrrole nitrogens is 1. The first-order valence-electron chi connectivity index (χ1n) is 11.9. The smallest absolute Gasteiger partial charge is 0.166 e. The van der Waals surface area contributed by atoms with E-state index in [4.69, 9.17) is 10.5 Å². The van der Waals surface area contributed by atoms with E-state index in [-0.39, 0.29) is 17.9 Å². The lowest BCUT2D eigenvalue weighted by atomic mass is 9.49. The highest BCUT2D eigenvalue weighted by atomic mass is 16.5. The van der Waals surface area contributed by atoms with Gasteiger partial charge in [-0.15, -0.1) is 0 Å². The van der Waals surface area contributed by atoms with Crippen molar-refractivity contribution in [2.75, 3.05) is 18.8 Å². The molecule has 8 rings (SSSR count). The number of fused-ring (bicyclic) bond motifs is 4. The van der Waals surface area contributed by atoms with Crippen LogP contribution in [-0.4, -0.2) is 44.8 Å². The Labute approximate surface area is 186 Å². The van der Waals surface area contributed by atoms with Gasteiger partial charge in [0.1, 0.15) is 0 Å². The zero-order chi connectivity index (χ0) is 21.4.